The number of benzene rings is 1. The zero-order valence-corrected chi connectivity index (χ0v) is 10.9. The fraction of sp³-hybridized carbons (Fsp3) is 0.600. The van der Waals surface area contributed by atoms with Crippen LogP contribution in [0.3, 0.4) is 0 Å². The van der Waals surface area contributed by atoms with E-state index in [4.69, 9.17) is 10.5 Å². The Bertz CT molecular complexity index is 371. The van der Waals surface area contributed by atoms with Gasteiger partial charge in [-0.15, -0.1) is 0 Å². The number of nitrogens with two attached hydrogens (primary N) is 1. The molecule has 1 unspecified atom stereocenters. The summed E-state index contributed by atoms with van der Waals surface area (Å²) < 4.78 is 5.92. The normalized spacial score (nSPS) is 20.1. The topological polar surface area (TPSA) is 35.2 Å². The van der Waals surface area contributed by atoms with E-state index in [9.17, 15) is 0 Å². The molecule has 1 aliphatic rings. The van der Waals surface area contributed by atoms with Crippen molar-refractivity contribution in [2.45, 2.75) is 51.2 Å². The molecule has 0 radical (unpaired) electrons. The number of ether oxygens (including phenoxy) is 1. The molecule has 0 fully saturated rings. The van der Waals surface area contributed by atoms with Crippen molar-refractivity contribution in [3.63, 3.8) is 0 Å². The van der Waals surface area contributed by atoms with Crippen molar-refractivity contribution >= 4 is 0 Å². The van der Waals surface area contributed by atoms with E-state index in [0.717, 1.165) is 32.3 Å². The lowest BCUT2D eigenvalue weighted by Crippen LogP contribution is -2.41. The molecule has 1 atom stereocenters. The molecule has 0 spiro atoms. The Morgan fingerprint density at radius 2 is 2.00 bits per heavy atom. The van der Waals surface area contributed by atoms with Crippen LogP contribution >= 0.6 is 0 Å². The average Bonchev–Trinajstić information content (AvgIpc) is 2.39. The molecule has 0 saturated carbocycles. The first-order chi connectivity index (χ1) is 8.18. The van der Waals surface area contributed by atoms with Crippen molar-refractivity contribution in [1.82, 2.24) is 0 Å². The molecular weight excluding hydrogens is 210 g/mol. The van der Waals surface area contributed by atoms with Gasteiger partial charge < -0.3 is 10.5 Å². The number of hydrogen-bond donors (Lipinski definition) is 1. The second kappa shape index (κ2) is 5.19. The lowest BCUT2D eigenvalue weighted by Gasteiger charge is -2.34. The number of rotatable bonds is 4. The Hall–Kier alpha value is -0.860. The largest absolute Gasteiger partial charge is 0.373 e. The molecule has 2 nitrogen and oxygen atoms in total. The summed E-state index contributed by atoms with van der Waals surface area (Å²) in [6, 6.07) is 8.60. The molecule has 1 aliphatic heterocycles. The first kappa shape index (κ1) is 12.6. The van der Waals surface area contributed by atoms with E-state index >= 15 is 0 Å². The smallest absolute Gasteiger partial charge is 0.0845 e. The summed E-state index contributed by atoms with van der Waals surface area (Å²) in [5.41, 5.74) is 9.09. The van der Waals surface area contributed by atoms with Gasteiger partial charge in [0.1, 0.15) is 0 Å². The van der Waals surface area contributed by atoms with E-state index in [1.54, 1.807) is 0 Å². The minimum Gasteiger partial charge on any atom is -0.373 e. The average molecular weight is 233 g/mol. The van der Waals surface area contributed by atoms with Crippen molar-refractivity contribution in [1.29, 1.82) is 0 Å². The van der Waals surface area contributed by atoms with Crippen LogP contribution in [0.25, 0.3) is 0 Å². The van der Waals surface area contributed by atoms with Crippen LogP contribution in [0.1, 0.15) is 50.3 Å². The predicted octanol–water partition coefficient (Wildman–Crippen LogP) is 3.21. The standard InChI is InChI=1S/C15H23NO/c1-3-15(16,4-2)11-14-13-8-6-5-7-12(13)9-10-17-14/h5-8,14H,3-4,9-11,16H2,1-2H3. The Balaban J connectivity index is 2.19. The lowest BCUT2D eigenvalue weighted by atomic mass is 9.83. The van der Waals surface area contributed by atoms with E-state index < -0.39 is 0 Å². The van der Waals surface area contributed by atoms with Gasteiger partial charge in [0.2, 0.25) is 0 Å². The van der Waals surface area contributed by atoms with Crippen molar-refractivity contribution in [3.05, 3.63) is 35.4 Å². The molecule has 17 heavy (non-hydrogen) atoms. The molecule has 0 amide bonds. The molecule has 0 saturated heterocycles. The molecule has 0 bridgehead atoms. The van der Waals surface area contributed by atoms with Crippen LogP contribution in [0.2, 0.25) is 0 Å². The Kier molecular flexibility index (Phi) is 3.85. The summed E-state index contributed by atoms with van der Waals surface area (Å²) in [5.74, 6) is 0. The highest BCUT2D eigenvalue weighted by molar-refractivity contribution is 5.31. The third-order valence-corrected chi connectivity index (χ3v) is 4.09. The van der Waals surface area contributed by atoms with Gasteiger partial charge in [0.25, 0.3) is 0 Å². The molecule has 1 aromatic carbocycles. The van der Waals surface area contributed by atoms with E-state index in [0.29, 0.717) is 0 Å². The summed E-state index contributed by atoms with van der Waals surface area (Å²) in [4.78, 5) is 0. The van der Waals surface area contributed by atoms with Crippen LogP contribution in [0.5, 0.6) is 0 Å². The van der Waals surface area contributed by atoms with Crippen molar-refractivity contribution < 1.29 is 4.74 Å². The highest BCUT2D eigenvalue weighted by Crippen LogP contribution is 2.34. The van der Waals surface area contributed by atoms with Crippen LogP contribution in [-0.4, -0.2) is 12.1 Å². The first-order valence-corrected chi connectivity index (χ1v) is 6.67. The molecule has 1 aromatic rings. The van der Waals surface area contributed by atoms with Gasteiger partial charge in [0, 0.05) is 5.54 Å². The molecule has 94 valence electrons. The lowest BCUT2D eigenvalue weighted by molar-refractivity contribution is 0.0195. The minimum absolute atomic E-state index is 0.0882. The fourth-order valence-corrected chi connectivity index (χ4v) is 2.55. The van der Waals surface area contributed by atoms with Crippen LogP contribution in [0.4, 0.5) is 0 Å². The van der Waals surface area contributed by atoms with Gasteiger partial charge in [-0.1, -0.05) is 38.1 Å². The summed E-state index contributed by atoms with van der Waals surface area (Å²) in [7, 11) is 0. The summed E-state index contributed by atoms with van der Waals surface area (Å²) >= 11 is 0. The quantitative estimate of drug-likeness (QED) is 0.866. The maximum Gasteiger partial charge on any atom is 0.0845 e. The summed E-state index contributed by atoms with van der Waals surface area (Å²) in [5, 5.41) is 0. The Morgan fingerprint density at radius 1 is 1.29 bits per heavy atom. The molecular formula is C15H23NO. The fourth-order valence-electron chi connectivity index (χ4n) is 2.55. The van der Waals surface area contributed by atoms with Crippen LogP contribution in [-0.2, 0) is 11.2 Å². The van der Waals surface area contributed by atoms with E-state index in [2.05, 4.69) is 38.1 Å². The van der Waals surface area contributed by atoms with Gasteiger partial charge in [-0.2, -0.15) is 0 Å². The second-order valence-corrected chi connectivity index (χ2v) is 5.08. The zero-order chi connectivity index (χ0) is 12.3. The third-order valence-electron chi connectivity index (χ3n) is 4.09. The molecule has 2 rings (SSSR count). The van der Waals surface area contributed by atoms with Crippen molar-refractivity contribution in [2.75, 3.05) is 6.61 Å². The first-order valence-electron chi connectivity index (χ1n) is 6.67. The number of fused-ring (bicyclic) bond motifs is 1. The van der Waals surface area contributed by atoms with Crippen LogP contribution in [0.15, 0.2) is 24.3 Å². The van der Waals surface area contributed by atoms with Gasteiger partial charge >= 0.3 is 0 Å². The molecule has 0 aromatic heterocycles. The molecule has 0 aliphatic carbocycles. The molecule has 2 heteroatoms. The van der Waals surface area contributed by atoms with E-state index in [-0.39, 0.29) is 11.6 Å². The van der Waals surface area contributed by atoms with E-state index in [1.807, 2.05) is 0 Å². The van der Waals surface area contributed by atoms with Crippen molar-refractivity contribution in [2.24, 2.45) is 5.73 Å². The Morgan fingerprint density at radius 3 is 2.71 bits per heavy atom. The SMILES string of the molecule is CCC(N)(CC)CC1OCCc2ccccc21. The van der Waals surface area contributed by atoms with Crippen molar-refractivity contribution in [3.8, 4) is 0 Å². The highest BCUT2D eigenvalue weighted by atomic mass is 16.5. The van der Waals surface area contributed by atoms with Gasteiger partial charge in [-0.25, -0.2) is 0 Å². The van der Waals surface area contributed by atoms with Gasteiger partial charge in [-0.05, 0) is 36.8 Å². The molecule has 1 heterocycles. The zero-order valence-electron chi connectivity index (χ0n) is 10.9. The Labute approximate surface area is 104 Å². The summed E-state index contributed by atoms with van der Waals surface area (Å²) in [6.07, 6.45) is 4.15. The van der Waals surface area contributed by atoms with Gasteiger partial charge in [0.05, 0.1) is 12.7 Å². The van der Waals surface area contributed by atoms with Crippen LogP contribution < -0.4 is 5.73 Å². The molecule has 2 N–H and O–H groups in total. The predicted molar refractivity (Wildman–Crippen MR) is 71.0 cm³/mol. The maximum atomic E-state index is 6.40. The number of hydrogen-bond acceptors (Lipinski definition) is 2. The van der Waals surface area contributed by atoms with Gasteiger partial charge in [-0.3, -0.25) is 0 Å². The van der Waals surface area contributed by atoms with E-state index in [1.165, 1.54) is 11.1 Å². The third kappa shape index (κ3) is 2.70. The van der Waals surface area contributed by atoms with Gasteiger partial charge in [0.15, 0.2) is 0 Å². The monoisotopic (exact) mass is 233 g/mol. The highest BCUT2D eigenvalue weighted by Gasteiger charge is 2.29. The minimum atomic E-state index is -0.0882. The van der Waals surface area contributed by atoms with Crippen LogP contribution in [0, 0.1) is 0 Å². The second-order valence-electron chi connectivity index (χ2n) is 5.08. The maximum absolute atomic E-state index is 6.40. The summed E-state index contributed by atoms with van der Waals surface area (Å²) in [6.45, 7) is 5.15.